The van der Waals surface area contributed by atoms with Crippen LogP contribution in [-0.4, -0.2) is 37.4 Å². The quantitative estimate of drug-likeness (QED) is 0.839. The van der Waals surface area contributed by atoms with E-state index >= 15 is 0 Å². The lowest BCUT2D eigenvalue weighted by molar-refractivity contribution is -0.121. The number of ether oxygens (including phenoxy) is 1. The first-order valence-electron chi connectivity index (χ1n) is 6.43. The molecule has 6 heteroatoms. The standard InChI is InChI=1S/C14H17ClN2O3/c1-20-12-4-2-3-11(8-12)17-9-10(7-14(17)19)16-13(18)5-6-15/h2-4,8,10H,5-7,9H2,1H3,(H,16,18)/t10-/m1/s1. The third-order valence-corrected chi connectivity index (χ3v) is 3.37. The summed E-state index contributed by atoms with van der Waals surface area (Å²) in [5.74, 6) is 0.858. The second kappa shape index (κ2) is 6.61. The summed E-state index contributed by atoms with van der Waals surface area (Å²) in [6.45, 7) is 0.472. The summed E-state index contributed by atoms with van der Waals surface area (Å²) in [5.41, 5.74) is 0.781. The number of carbonyl (C=O) groups is 2. The largest absolute Gasteiger partial charge is 0.497 e. The minimum Gasteiger partial charge on any atom is -0.497 e. The molecule has 1 aliphatic heterocycles. The topological polar surface area (TPSA) is 58.6 Å². The van der Waals surface area contributed by atoms with Crippen LogP contribution in [0.3, 0.4) is 0 Å². The molecule has 1 N–H and O–H groups in total. The number of rotatable bonds is 5. The summed E-state index contributed by atoms with van der Waals surface area (Å²) < 4.78 is 5.15. The monoisotopic (exact) mass is 296 g/mol. The summed E-state index contributed by atoms with van der Waals surface area (Å²) in [6, 6.07) is 7.15. The van der Waals surface area contributed by atoms with Crippen molar-refractivity contribution in [2.75, 3.05) is 24.4 Å². The van der Waals surface area contributed by atoms with Crippen LogP contribution in [0.1, 0.15) is 12.8 Å². The maximum atomic E-state index is 12.0. The van der Waals surface area contributed by atoms with E-state index in [1.807, 2.05) is 18.2 Å². The lowest BCUT2D eigenvalue weighted by Gasteiger charge is -2.17. The van der Waals surface area contributed by atoms with Crippen molar-refractivity contribution in [2.45, 2.75) is 18.9 Å². The number of carbonyl (C=O) groups excluding carboxylic acids is 2. The lowest BCUT2D eigenvalue weighted by atomic mass is 10.2. The van der Waals surface area contributed by atoms with Crippen molar-refractivity contribution >= 4 is 29.1 Å². The van der Waals surface area contributed by atoms with Gasteiger partial charge in [0.15, 0.2) is 0 Å². The average Bonchev–Trinajstić information content (AvgIpc) is 2.79. The Bertz CT molecular complexity index is 507. The first kappa shape index (κ1) is 14.7. The molecule has 5 nitrogen and oxygen atoms in total. The van der Waals surface area contributed by atoms with Crippen molar-refractivity contribution in [1.82, 2.24) is 5.32 Å². The molecule has 0 aliphatic carbocycles. The molecule has 1 heterocycles. The van der Waals surface area contributed by atoms with Gasteiger partial charge < -0.3 is 15.0 Å². The Balaban J connectivity index is 2.03. The fourth-order valence-electron chi connectivity index (χ4n) is 2.22. The Hall–Kier alpha value is -1.75. The smallest absolute Gasteiger partial charge is 0.229 e. The molecule has 0 saturated carbocycles. The molecule has 0 radical (unpaired) electrons. The zero-order valence-corrected chi connectivity index (χ0v) is 12.0. The number of halogens is 1. The number of alkyl halides is 1. The van der Waals surface area contributed by atoms with E-state index in [2.05, 4.69) is 5.32 Å². The molecule has 2 amide bonds. The van der Waals surface area contributed by atoms with Crippen LogP contribution < -0.4 is 15.0 Å². The minimum atomic E-state index is -0.163. The number of hydrogen-bond acceptors (Lipinski definition) is 3. The molecule has 1 aliphatic rings. The van der Waals surface area contributed by atoms with Gasteiger partial charge in [-0.25, -0.2) is 0 Å². The van der Waals surface area contributed by atoms with Gasteiger partial charge in [0, 0.05) is 37.0 Å². The molecule has 1 fully saturated rings. The summed E-state index contributed by atoms with van der Waals surface area (Å²) in [7, 11) is 1.58. The Morgan fingerprint density at radius 1 is 1.55 bits per heavy atom. The highest BCUT2D eigenvalue weighted by molar-refractivity contribution is 6.18. The van der Waals surface area contributed by atoms with Crippen LogP contribution >= 0.6 is 11.6 Å². The molecule has 2 rings (SSSR count). The van der Waals surface area contributed by atoms with Gasteiger partial charge in [0.05, 0.1) is 13.2 Å². The predicted molar refractivity (Wildman–Crippen MR) is 77.2 cm³/mol. The highest BCUT2D eigenvalue weighted by Gasteiger charge is 2.31. The van der Waals surface area contributed by atoms with Crippen LogP contribution in [0.5, 0.6) is 5.75 Å². The van der Waals surface area contributed by atoms with E-state index in [1.54, 1.807) is 18.1 Å². The van der Waals surface area contributed by atoms with Crippen LogP contribution in [0.15, 0.2) is 24.3 Å². The molecule has 0 spiro atoms. The molecule has 0 bridgehead atoms. The van der Waals surface area contributed by atoms with Gasteiger partial charge in [-0.05, 0) is 12.1 Å². The van der Waals surface area contributed by atoms with Gasteiger partial charge in [0.25, 0.3) is 0 Å². The molecular formula is C14H17ClN2O3. The summed E-state index contributed by atoms with van der Waals surface area (Å²) in [6.07, 6.45) is 0.580. The van der Waals surface area contributed by atoms with E-state index in [0.717, 1.165) is 5.69 Å². The molecule has 1 aromatic rings. The van der Waals surface area contributed by atoms with E-state index in [-0.39, 0.29) is 30.2 Å². The molecule has 1 atom stereocenters. The SMILES string of the molecule is COc1cccc(N2C[C@H](NC(=O)CCCl)CC2=O)c1. The molecule has 108 valence electrons. The average molecular weight is 297 g/mol. The Morgan fingerprint density at radius 3 is 3.05 bits per heavy atom. The van der Waals surface area contributed by atoms with Crippen LogP contribution in [0.4, 0.5) is 5.69 Å². The minimum absolute atomic E-state index is 0.00516. The fraction of sp³-hybridized carbons (Fsp3) is 0.429. The molecule has 1 aromatic carbocycles. The first-order chi connectivity index (χ1) is 9.63. The van der Waals surface area contributed by atoms with Crippen molar-refractivity contribution in [3.8, 4) is 5.75 Å². The number of anilines is 1. The number of amides is 2. The van der Waals surface area contributed by atoms with Crippen molar-refractivity contribution < 1.29 is 14.3 Å². The van der Waals surface area contributed by atoms with Gasteiger partial charge in [0.1, 0.15) is 5.75 Å². The van der Waals surface area contributed by atoms with Crippen molar-refractivity contribution in [2.24, 2.45) is 0 Å². The van der Waals surface area contributed by atoms with Gasteiger partial charge in [-0.2, -0.15) is 0 Å². The van der Waals surface area contributed by atoms with Crippen LogP contribution in [0.25, 0.3) is 0 Å². The Morgan fingerprint density at radius 2 is 2.35 bits per heavy atom. The van der Waals surface area contributed by atoms with E-state index in [9.17, 15) is 9.59 Å². The second-order valence-electron chi connectivity index (χ2n) is 4.61. The molecule has 20 heavy (non-hydrogen) atoms. The predicted octanol–water partition coefficient (Wildman–Crippen LogP) is 1.55. The number of nitrogens with zero attached hydrogens (tertiary/aromatic N) is 1. The van der Waals surface area contributed by atoms with Gasteiger partial charge in [-0.15, -0.1) is 11.6 Å². The van der Waals surface area contributed by atoms with E-state index < -0.39 is 0 Å². The zero-order valence-electron chi connectivity index (χ0n) is 11.3. The van der Waals surface area contributed by atoms with Crippen LogP contribution in [0, 0.1) is 0 Å². The van der Waals surface area contributed by atoms with Gasteiger partial charge in [-0.1, -0.05) is 6.07 Å². The van der Waals surface area contributed by atoms with Crippen molar-refractivity contribution in [3.05, 3.63) is 24.3 Å². The summed E-state index contributed by atoms with van der Waals surface area (Å²) >= 11 is 5.52. The maximum absolute atomic E-state index is 12.0. The van der Waals surface area contributed by atoms with E-state index in [4.69, 9.17) is 16.3 Å². The number of hydrogen-bond donors (Lipinski definition) is 1. The molecule has 0 unspecified atom stereocenters. The third kappa shape index (κ3) is 3.42. The first-order valence-corrected chi connectivity index (χ1v) is 6.97. The molecule has 0 aromatic heterocycles. The van der Waals surface area contributed by atoms with Crippen molar-refractivity contribution in [3.63, 3.8) is 0 Å². The van der Waals surface area contributed by atoms with Gasteiger partial charge in [0.2, 0.25) is 11.8 Å². The Labute approximate surface area is 122 Å². The maximum Gasteiger partial charge on any atom is 0.229 e. The highest BCUT2D eigenvalue weighted by Crippen LogP contribution is 2.25. The van der Waals surface area contributed by atoms with Gasteiger partial charge in [-0.3, -0.25) is 9.59 Å². The van der Waals surface area contributed by atoms with Gasteiger partial charge >= 0.3 is 0 Å². The van der Waals surface area contributed by atoms with E-state index in [1.165, 1.54) is 0 Å². The van der Waals surface area contributed by atoms with Crippen LogP contribution in [0.2, 0.25) is 0 Å². The molecule has 1 saturated heterocycles. The number of nitrogens with one attached hydrogen (secondary N) is 1. The molecular weight excluding hydrogens is 280 g/mol. The second-order valence-corrected chi connectivity index (χ2v) is 4.99. The summed E-state index contributed by atoms with van der Waals surface area (Å²) in [4.78, 5) is 25.2. The fourth-order valence-corrected chi connectivity index (χ4v) is 2.39. The number of benzene rings is 1. The highest BCUT2D eigenvalue weighted by atomic mass is 35.5. The van der Waals surface area contributed by atoms with E-state index in [0.29, 0.717) is 18.7 Å². The number of methoxy groups -OCH3 is 1. The third-order valence-electron chi connectivity index (χ3n) is 3.18. The normalized spacial score (nSPS) is 18.2. The van der Waals surface area contributed by atoms with Crippen molar-refractivity contribution in [1.29, 1.82) is 0 Å². The zero-order chi connectivity index (χ0) is 14.5. The summed E-state index contributed by atoms with van der Waals surface area (Å²) in [5, 5.41) is 2.82. The van der Waals surface area contributed by atoms with Crippen LogP contribution in [-0.2, 0) is 9.59 Å². The Kier molecular flexibility index (Phi) is 4.84. The lowest BCUT2D eigenvalue weighted by Crippen LogP contribution is -2.37.